The standard InChI is InChI=1S/C15H14FN5O3/c16-15(7-22)4-8(5-15)9-3-11(20-21-2-1-17-12(9)21)10-6-18-14(24)19-13(10)23/h1-3,6,8,22H,4-5,7H2,(H2,18,19,23,24). The summed E-state index contributed by atoms with van der Waals surface area (Å²) >= 11 is 0. The van der Waals surface area contributed by atoms with Crippen molar-refractivity contribution in [1.82, 2.24) is 24.6 Å². The van der Waals surface area contributed by atoms with Crippen LogP contribution in [0.4, 0.5) is 4.39 Å². The molecule has 4 rings (SSSR count). The highest BCUT2D eigenvalue weighted by Crippen LogP contribution is 2.48. The first kappa shape index (κ1) is 14.8. The summed E-state index contributed by atoms with van der Waals surface area (Å²) in [5.74, 6) is -0.115. The molecule has 0 aromatic carbocycles. The van der Waals surface area contributed by atoms with E-state index in [0.29, 0.717) is 11.3 Å². The topological polar surface area (TPSA) is 116 Å². The van der Waals surface area contributed by atoms with Gasteiger partial charge in [0.25, 0.3) is 5.56 Å². The molecule has 0 unspecified atom stereocenters. The predicted molar refractivity (Wildman–Crippen MR) is 82.6 cm³/mol. The van der Waals surface area contributed by atoms with E-state index in [0.717, 1.165) is 5.56 Å². The molecule has 24 heavy (non-hydrogen) atoms. The van der Waals surface area contributed by atoms with Gasteiger partial charge in [-0.2, -0.15) is 5.10 Å². The van der Waals surface area contributed by atoms with Crippen LogP contribution in [0.25, 0.3) is 16.9 Å². The Morgan fingerprint density at radius 3 is 2.92 bits per heavy atom. The van der Waals surface area contributed by atoms with E-state index in [1.54, 1.807) is 18.5 Å². The minimum Gasteiger partial charge on any atom is -0.393 e. The van der Waals surface area contributed by atoms with Gasteiger partial charge in [-0.25, -0.2) is 18.7 Å². The van der Waals surface area contributed by atoms with Crippen LogP contribution in [0.1, 0.15) is 24.3 Å². The molecule has 1 saturated carbocycles. The number of aromatic amines is 2. The molecule has 0 saturated heterocycles. The molecule has 0 spiro atoms. The maximum atomic E-state index is 14.0. The van der Waals surface area contributed by atoms with E-state index in [2.05, 4.69) is 20.1 Å². The van der Waals surface area contributed by atoms with Gasteiger partial charge in [0.2, 0.25) is 0 Å². The maximum absolute atomic E-state index is 14.0. The second-order valence-electron chi connectivity index (χ2n) is 6.08. The Kier molecular flexibility index (Phi) is 3.14. The quantitative estimate of drug-likeness (QED) is 0.640. The first-order valence-electron chi connectivity index (χ1n) is 7.45. The molecule has 0 bridgehead atoms. The van der Waals surface area contributed by atoms with Crippen molar-refractivity contribution in [2.75, 3.05) is 6.61 Å². The number of halogens is 1. The lowest BCUT2D eigenvalue weighted by Crippen LogP contribution is -2.41. The van der Waals surface area contributed by atoms with Gasteiger partial charge in [-0.15, -0.1) is 0 Å². The summed E-state index contributed by atoms with van der Waals surface area (Å²) in [4.78, 5) is 32.0. The van der Waals surface area contributed by atoms with Crippen molar-refractivity contribution in [2.24, 2.45) is 0 Å². The van der Waals surface area contributed by atoms with Crippen molar-refractivity contribution in [3.8, 4) is 11.3 Å². The van der Waals surface area contributed by atoms with E-state index in [-0.39, 0.29) is 24.3 Å². The van der Waals surface area contributed by atoms with E-state index in [1.165, 1.54) is 10.7 Å². The van der Waals surface area contributed by atoms with Gasteiger partial charge in [0.1, 0.15) is 5.67 Å². The summed E-state index contributed by atoms with van der Waals surface area (Å²) in [5, 5.41) is 13.4. The Labute approximate surface area is 134 Å². The average Bonchev–Trinajstić information content (AvgIpc) is 2.99. The van der Waals surface area contributed by atoms with Gasteiger partial charge in [0.15, 0.2) is 5.65 Å². The lowest BCUT2D eigenvalue weighted by atomic mass is 9.69. The number of hydrogen-bond acceptors (Lipinski definition) is 5. The van der Waals surface area contributed by atoms with E-state index in [1.807, 2.05) is 0 Å². The molecular formula is C15H14FN5O3. The van der Waals surface area contributed by atoms with Crippen LogP contribution in [0.15, 0.2) is 34.2 Å². The molecule has 0 amide bonds. The highest BCUT2D eigenvalue weighted by atomic mass is 19.1. The lowest BCUT2D eigenvalue weighted by Gasteiger charge is -2.40. The van der Waals surface area contributed by atoms with Crippen LogP contribution in [-0.2, 0) is 0 Å². The van der Waals surface area contributed by atoms with Crippen LogP contribution in [-0.4, -0.2) is 41.9 Å². The summed E-state index contributed by atoms with van der Waals surface area (Å²) in [6.45, 7) is -0.508. The average molecular weight is 331 g/mol. The molecule has 1 aliphatic rings. The molecule has 0 atom stereocenters. The number of aliphatic hydroxyl groups excluding tert-OH is 1. The van der Waals surface area contributed by atoms with Crippen molar-refractivity contribution in [3.63, 3.8) is 0 Å². The van der Waals surface area contributed by atoms with Crippen LogP contribution < -0.4 is 11.2 Å². The third kappa shape index (κ3) is 2.24. The molecule has 1 fully saturated rings. The minimum atomic E-state index is -1.56. The van der Waals surface area contributed by atoms with Gasteiger partial charge in [-0.3, -0.25) is 9.78 Å². The van der Waals surface area contributed by atoms with Crippen LogP contribution >= 0.6 is 0 Å². The van der Waals surface area contributed by atoms with Crippen molar-refractivity contribution in [3.05, 3.63) is 51.1 Å². The largest absolute Gasteiger partial charge is 0.393 e. The normalized spacial score (nSPS) is 23.3. The second kappa shape index (κ2) is 5.10. The van der Waals surface area contributed by atoms with Gasteiger partial charge >= 0.3 is 5.69 Å². The van der Waals surface area contributed by atoms with Crippen molar-refractivity contribution in [2.45, 2.75) is 24.4 Å². The number of imidazole rings is 1. The zero-order chi connectivity index (χ0) is 16.9. The number of H-pyrrole nitrogens is 2. The van der Waals surface area contributed by atoms with Crippen LogP contribution in [0, 0.1) is 0 Å². The molecule has 8 nitrogen and oxygen atoms in total. The fraction of sp³-hybridized carbons (Fsp3) is 0.333. The molecule has 3 heterocycles. The summed E-state index contributed by atoms with van der Waals surface area (Å²) in [6, 6.07) is 1.69. The van der Waals surface area contributed by atoms with Gasteiger partial charge in [-0.1, -0.05) is 0 Å². The Balaban J connectivity index is 1.84. The molecular weight excluding hydrogens is 317 g/mol. The number of aromatic nitrogens is 5. The molecule has 124 valence electrons. The van der Waals surface area contributed by atoms with Crippen LogP contribution in [0.2, 0.25) is 0 Å². The number of hydrogen-bond donors (Lipinski definition) is 3. The third-order valence-corrected chi connectivity index (χ3v) is 4.43. The first-order chi connectivity index (χ1) is 11.5. The first-order valence-corrected chi connectivity index (χ1v) is 7.45. The number of rotatable bonds is 3. The van der Waals surface area contributed by atoms with Crippen molar-refractivity contribution in [1.29, 1.82) is 0 Å². The molecule has 3 N–H and O–H groups in total. The Morgan fingerprint density at radius 2 is 2.21 bits per heavy atom. The van der Waals surface area contributed by atoms with E-state index in [4.69, 9.17) is 5.11 Å². The molecule has 3 aromatic heterocycles. The Hall–Kier alpha value is -2.81. The monoisotopic (exact) mass is 331 g/mol. The fourth-order valence-electron chi connectivity index (χ4n) is 3.15. The highest BCUT2D eigenvalue weighted by molar-refractivity contribution is 5.62. The third-order valence-electron chi connectivity index (χ3n) is 4.43. The van der Waals surface area contributed by atoms with E-state index in [9.17, 15) is 14.0 Å². The fourth-order valence-corrected chi connectivity index (χ4v) is 3.15. The summed E-state index contributed by atoms with van der Waals surface area (Å²) in [5.41, 5.74) is -0.806. The van der Waals surface area contributed by atoms with Gasteiger partial charge in [0.05, 0.1) is 17.9 Å². The molecule has 3 aromatic rings. The molecule has 1 aliphatic carbocycles. The number of fused-ring (bicyclic) bond motifs is 1. The number of alkyl halides is 1. The van der Waals surface area contributed by atoms with Gasteiger partial charge < -0.3 is 10.1 Å². The summed E-state index contributed by atoms with van der Waals surface area (Å²) in [7, 11) is 0. The lowest BCUT2D eigenvalue weighted by molar-refractivity contribution is -0.0135. The van der Waals surface area contributed by atoms with Crippen molar-refractivity contribution >= 4 is 5.65 Å². The summed E-state index contributed by atoms with van der Waals surface area (Å²) < 4.78 is 15.6. The number of nitrogens with one attached hydrogen (secondary N) is 2. The minimum absolute atomic E-state index is 0.115. The summed E-state index contributed by atoms with van der Waals surface area (Å²) in [6.07, 6.45) is 4.88. The molecule has 9 heteroatoms. The van der Waals surface area contributed by atoms with Crippen LogP contribution in [0.3, 0.4) is 0 Å². The zero-order valence-electron chi connectivity index (χ0n) is 12.5. The van der Waals surface area contributed by atoms with E-state index < -0.39 is 23.5 Å². The predicted octanol–water partition coefficient (Wildman–Crippen LogP) is 0.351. The van der Waals surface area contributed by atoms with Crippen molar-refractivity contribution < 1.29 is 9.50 Å². The zero-order valence-corrected chi connectivity index (χ0v) is 12.5. The maximum Gasteiger partial charge on any atom is 0.325 e. The number of aliphatic hydroxyl groups is 1. The van der Waals surface area contributed by atoms with Gasteiger partial charge in [-0.05, 0) is 24.8 Å². The Morgan fingerprint density at radius 1 is 1.42 bits per heavy atom. The number of nitrogens with zero attached hydrogens (tertiary/aromatic N) is 3. The molecule has 0 aliphatic heterocycles. The van der Waals surface area contributed by atoms with Crippen LogP contribution in [0.5, 0.6) is 0 Å². The molecule has 0 radical (unpaired) electrons. The smallest absolute Gasteiger partial charge is 0.325 e. The Bertz CT molecular complexity index is 1030. The van der Waals surface area contributed by atoms with E-state index >= 15 is 0 Å². The van der Waals surface area contributed by atoms with Gasteiger partial charge in [0, 0.05) is 24.2 Å². The second-order valence-corrected chi connectivity index (χ2v) is 6.08. The SMILES string of the molecule is O=c1[nH]cc(-c2cc(C3CC(F)(CO)C3)c3nccn3n2)c(=O)[nH]1. The highest BCUT2D eigenvalue weighted by Gasteiger charge is 2.45.